The van der Waals surface area contributed by atoms with E-state index >= 15 is 0 Å². The standard InChI is InChI=1S/C19H14N8O6S/c1-33-12-5-6-13-14(8-12)34-19(22-13)23-16-15(27(31)32)17(21-9-20-16)24-25-18(28)10-3-2-4-11(7-10)26(29)30/h2-9H,1H3,(H,25,28)(H2,20,21,22,23,24). The molecule has 2 aromatic carbocycles. The molecule has 4 aromatic rings. The van der Waals surface area contributed by atoms with E-state index < -0.39 is 21.4 Å². The molecular weight excluding hydrogens is 468 g/mol. The molecule has 34 heavy (non-hydrogen) atoms. The minimum atomic E-state index is -0.758. The van der Waals surface area contributed by atoms with E-state index in [1.54, 1.807) is 18.2 Å². The Hall–Kier alpha value is -4.92. The largest absolute Gasteiger partial charge is 0.497 e. The molecule has 3 N–H and O–H groups in total. The van der Waals surface area contributed by atoms with E-state index in [1.807, 2.05) is 0 Å². The zero-order chi connectivity index (χ0) is 24.2. The van der Waals surface area contributed by atoms with Crippen molar-refractivity contribution < 1.29 is 19.4 Å². The number of nitrogens with zero attached hydrogens (tertiary/aromatic N) is 5. The predicted molar refractivity (Wildman–Crippen MR) is 122 cm³/mol. The van der Waals surface area contributed by atoms with Crippen LogP contribution in [-0.2, 0) is 0 Å². The number of nitrogens with one attached hydrogen (secondary N) is 3. The summed E-state index contributed by atoms with van der Waals surface area (Å²) < 4.78 is 5.98. The van der Waals surface area contributed by atoms with Crippen molar-refractivity contribution in [2.24, 2.45) is 0 Å². The molecule has 0 fully saturated rings. The third-order valence-electron chi connectivity index (χ3n) is 4.44. The van der Waals surface area contributed by atoms with Crippen molar-refractivity contribution in [1.29, 1.82) is 0 Å². The first kappa shape index (κ1) is 22.3. The van der Waals surface area contributed by atoms with E-state index in [4.69, 9.17) is 4.74 Å². The third-order valence-corrected chi connectivity index (χ3v) is 5.37. The van der Waals surface area contributed by atoms with Crippen LogP contribution >= 0.6 is 11.3 Å². The number of methoxy groups -OCH3 is 1. The minimum absolute atomic E-state index is 0.0262. The van der Waals surface area contributed by atoms with Crippen LogP contribution in [0.15, 0.2) is 48.8 Å². The lowest BCUT2D eigenvalue weighted by Gasteiger charge is -2.10. The number of non-ortho nitro benzene ring substituents is 1. The maximum atomic E-state index is 12.4. The molecule has 15 heteroatoms. The molecule has 2 aromatic heterocycles. The van der Waals surface area contributed by atoms with Gasteiger partial charge in [0, 0.05) is 17.7 Å². The zero-order valence-electron chi connectivity index (χ0n) is 17.2. The second-order valence-electron chi connectivity index (χ2n) is 6.54. The maximum absolute atomic E-state index is 12.4. The Morgan fingerprint density at radius 2 is 1.85 bits per heavy atom. The van der Waals surface area contributed by atoms with Crippen molar-refractivity contribution in [3.63, 3.8) is 0 Å². The molecule has 14 nitrogen and oxygen atoms in total. The number of benzene rings is 2. The fourth-order valence-electron chi connectivity index (χ4n) is 2.87. The average Bonchev–Trinajstić information content (AvgIpc) is 3.23. The predicted octanol–water partition coefficient (Wildman–Crippen LogP) is 3.41. The van der Waals surface area contributed by atoms with Gasteiger partial charge in [-0.15, -0.1) is 0 Å². The summed E-state index contributed by atoms with van der Waals surface area (Å²) in [5.41, 5.74) is 4.43. The highest BCUT2D eigenvalue weighted by Crippen LogP contribution is 2.34. The van der Waals surface area contributed by atoms with E-state index in [1.165, 1.54) is 36.6 Å². The molecule has 0 aliphatic rings. The normalized spacial score (nSPS) is 10.5. The van der Waals surface area contributed by atoms with Crippen LogP contribution in [0, 0.1) is 20.2 Å². The topological polar surface area (TPSA) is 187 Å². The highest BCUT2D eigenvalue weighted by Gasteiger charge is 2.25. The number of ether oxygens (including phenoxy) is 1. The highest BCUT2D eigenvalue weighted by molar-refractivity contribution is 7.22. The van der Waals surface area contributed by atoms with Gasteiger partial charge < -0.3 is 10.1 Å². The van der Waals surface area contributed by atoms with Gasteiger partial charge in [0.15, 0.2) is 5.13 Å². The average molecular weight is 482 g/mol. The molecule has 0 aliphatic carbocycles. The Bertz CT molecular complexity index is 1430. The van der Waals surface area contributed by atoms with Crippen LogP contribution in [0.2, 0.25) is 0 Å². The number of nitro benzene ring substituents is 1. The number of anilines is 3. The van der Waals surface area contributed by atoms with Crippen molar-refractivity contribution in [1.82, 2.24) is 20.4 Å². The van der Waals surface area contributed by atoms with Gasteiger partial charge in [-0.2, -0.15) is 0 Å². The summed E-state index contributed by atoms with van der Waals surface area (Å²) in [5, 5.41) is 25.8. The third kappa shape index (κ3) is 4.63. The van der Waals surface area contributed by atoms with Gasteiger partial charge in [0.25, 0.3) is 11.6 Å². The van der Waals surface area contributed by atoms with E-state index in [-0.39, 0.29) is 22.9 Å². The first-order chi connectivity index (χ1) is 16.4. The highest BCUT2D eigenvalue weighted by atomic mass is 32.1. The smallest absolute Gasteiger partial charge is 0.355 e. The summed E-state index contributed by atoms with van der Waals surface area (Å²) in [6, 6.07) is 10.3. The summed E-state index contributed by atoms with van der Waals surface area (Å²) in [4.78, 5) is 45.8. The van der Waals surface area contributed by atoms with Gasteiger partial charge >= 0.3 is 5.69 Å². The van der Waals surface area contributed by atoms with E-state index in [2.05, 4.69) is 31.1 Å². The van der Waals surface area contributed by atoms with Crippen LogP contribution in [-0.4, -0.2) is 37.8 Å². The molecule has 4 rings (SSSR count). The molecule has 0 saturated heterocycles. The zero-order valence-corrected chi connectivity index (χ0v) is 18.0. The monoisotopic (exact) mass is 482 g/mol. The van der Waals surface area contributed by atoms with Gasteiger partial charge in [0.05, 0.1) is 27.2 Å². The number of hydrazine groups is 1. The fraction of sp³-hybridized carbons (Fsp3) is 0.0526. The van der Waals surface area contributed by atoms with Gasteiger partial charge in [0.1, 0.15) is 12.1 Å². The number of hydrogen-bond donors (Lipinski definition) is 3. The minimum Gasteiger partial charge on any atom is -0.497 e. The Morgan fingerprint density at radius 3 is 2.59 bits per heavy atom. The lowest BCUT2D eigenvalue weighted by molar-refractivity contribution is -0.384. The van der Waals surface area contributed by atoms with Crippen LogP contribution in [0.5, 0.6) is 5.75 Å². The summed E-state index contributed by atoms with van der Waals surface area (Å²) >= 11 is 1.24. The molecule has 1 amide bonds. The lowest BCUT2D eigenvalue weighted by Crippen LogP contribution is -2.30. The molecule has 0 aliphatic heterocycles. The van der Waals surface area contributed by atoms with Crippen molar-refractivity contribution in [3.05, 3.63) is 74.6 Å². The molecule has 0 spiro atoms. The van der Waals surface area contributed by atoms with Crippen LogP contribution in [0.1, 0.15) is 10.4 Å². The molecule has 0 unspecified atom stereocenters. The summed E-state index contributed by atoms with van der Waals surface area (Å²) in [7, 11) is 1.54. The van der Waals surface area contributed by atoms with Gasteiger partial charge in [-0.05, 0) is 24.3 Å². The Labute approximate surface area is 193 Å². The van der Waals surface area contributed by atoms with Gasteiger partial charge in [-0.3, -0.25) is 35.9 Å². The van der Waals surface area contributed by atoms with E-state index in [0.717, 1.165) is 17.1 Å². The van der Waals surface area contributed by atoms with Gasteiger partial charge in [0.2, 0.25) is 11.6 Å². The Kier molecular flexibility index (Phi) is 6.09. The van der Waals surface area contributed by atoms with Crippen molar-refractivity contribution in [2.75, 3.05) is 17.9 Å². The van der Waals surface area contributed by atoms with E-state index in [0.29, 0.717) is 16.4 Å². The first-order valence-electron chi connectivity index (χ1n) is 9.37. The summed E-state index contributed by atoms with van der Waals surface area (Å²) in [5.74, 6) is -0.574. The number of fused-ring (bicyclic) bond motifs is 1. The Morgan fingerprint density at radius 1 is 1.06 bits per heavy atom. The fourth-order valence-corrected chi connectivity index (χ4v) is 3.76. The second-order valence-corrected chi connectivity index (χ2v) is 7.57. The first-order valence-corrected chi connectivity index (χ1v) is 10.2. The number of carbonyl (C=O) groups is 1. The number of rotatable bonds is 8. The molecular formula is C19H14N8O6S. The number of carbonyl (C=O) groups excluding carboxylic acids is 1. The molecule has 0 saturated carbocycles. The quantitative estimate of drug-likeness (QED) is 0.246. The van der Waals surface area contributed by atoms with Crippen molar-refractivity contribution >= 4 is 55.6 Å². The van der Waals surface area contributed by atoms with E-state index in [9.17, 15) is 25.0 Å². The molecule has 2 heterocycles. The number of nitro groups is 2. The summed E-state index contributed by atoms with van der Waals surface area (Å²) in [6.07, 6.45) is 1.06. The number of amides is 1. The number of aromatic nitrogens is 3. The van der Waals surface area contributed by atoms with Crippen LogP contribution in [0.4, 0.5) is 28.1 Å². The van der Waals surface area contributed by atoms with Gasteiger partial charge in [-0.1, -0.05) is 17.4 Å². The number of thiazole rings is 1. The molecule has 0 atom stereocenters. The Balaban J connectivity index is 1.56. The van der Waals surface area contributed by atoms with Crippen LogP contribution in [0.3, 0.4) is 0 Å². The summed E-state index contributed by atoms with van der Waals surface area (Å²) in [6.45, 7) is 0. The SMILES string of the molecule is COc1ccc2nc(Nc3ncnc(NNC(=O)c4cccc([N+](=O)[O-])c4)c3[N+](=O)[O-])sc2c1. The van der Waals surface area contributed by atoms with Crippen molar-refractivity contribution in [3.8, 4) is 5.75 Å². The lowest BCUT2D eigenvalue weighted by atomic mass is 10.2. The van der Waals surface area contributed by atoms with Crippen LogP contribution in [0.25, 0.3) is 10.2 Å². The van der Waals surface area contributed by atoms with Gasteiger partial charge in [-0.25, -0.2) is 15.0 Å². The molecule has 0 bridgehead atoms. The molecule has 172 valence electrons. The van der Waals surface area contributed by atoms with Crippen molar-refractivity contribution in [2.45, 2.75) is 0 Å². The van der Waals surface area contributed by atoms with Crippen LogP contribution < -0.4 is 20.9 Å². The molecule has 0 radical (unpaired) electrons. The maximum Gasteiger partial charge on any atom is 0.355 e. The number of hydrogen-bond acceptors (Lipinski definition) is 12. The second kappa shape index (κ2) is 9.29.